The molecule has 0 bridgehead atoms. The van der Waals surface area contributed by atoms with Crippen LogP contribution in [0.2, 0.25) is 0 Å². The van der Waals surface area contributed by atoms with E-state index in [4.69, 9.17) is 9.15 Å². The second-order valence-corrected chi connectivity index (χ2v) is 6.39. The summed E-state index contributed by atoms with van der Waals surface area (Å²) in [6.45, 7) is 0. The van der Waals surface area contributed by atoms with Crippen LogP contribution in [0.3, 0.4) is 0 Å². The summed E-state index contributed by atoms with van der Waals surface area (Å²) < 4.78 is 12.0. The van der Waals surface area contributed by atoms with E-state index in [1.807, 2.05) is 0 Å². The first kappa shape index (κ1) is 16.9. The third kappa shape index (κ3) is 2.61. The topological polar surface area (TPSA) is 106 Å². The van der Waals surface area contributed by atoms with Crippen molar-refractivity contribution in [1.82, 2.24) is 4.57 Å². The van der Waals surface area contributed by atoms with Crippen molar-refractivity contribution >= 4 is 28.5 Å². The Balaban J connectivity index is 1.64. The number of nitrogens with zero attached hydrogens (tertiary/aromatic N) is 3. The number of rotatable bonds is 3. The van der Waals surface area contributed by atoms with Crippen LogP contribution < -0.4 is 0 Å². The van der Waals surface area contributed by atoms with Crippen molar-refractivity contribution in [3.63, 3.8) is 0 Å². The summed E-state index contributed by atoms with van der Waals surface area (Å²) >= 11 is 0. The van der Waals surface area contributed by atoms with E-state index >= 15 is 0 Å². The van der Waals surface area contributed by atoms with Gasteiger partial charge >= 0.3 is 11.9 Å². The zero-order valence-corrected chi connectivity index (χ0v) is 14.9. The van der Waals surface area contributed by atoms with E-state index in [9.17, 15) is 14.7 Å². The first-order valence-corrected chi connectivity index (χ1v) is 8.76. The third-order valence-electron chi connectivity index (χ3n) is 4.73. The number of hydrogen-bond acceptors (Lipinski definition) is 6. The Hall–Kier alpha value is -4.20. The molecule has 1 N–H and O–H groups in total. The van der Waals surface area contributed by atoms with Gasteiger partial charge < -0.3 is 14.3 Å². The molecular weight excluding hydrogens is 374 g/mol. The number of para-hydroxylation sites is 1. The number of furan rings is 1. The molecule has 3 heterocycles. The molecule has 2 aromatic carbocycles. The van der Waals surface area contributed by atoms with Gasteiger partial charge in [-0.2, -0.15) is 0 Å². The summed E-state index contributed by atoms with van der Waals surface area (Å²) in [6, 6.07) is 17.1. The number of carbonyl (C=O) groups excluding carboxylic acids is 2. The number of cyclic esters (lactones) is 1. The fourth-order valence-corrected chi connectivity index (χ4v) is 3.43. The first-order valence-electron chi connectivity index (χ1n) is 8.76. The summed E-state index contributed by atoms with van der Waals surface area (Å²) in [6.07, 6.45) is 0.506. The average Bonchev–Trinajstić information content (AvgIpc) is 3.44. The highest BCUT2D eigenvalue weighted by Gasteiger charge is 2.35. The normalized spacial score (nSPS) is 15.7. The minimum absolute atomic E-state index is 0.0376. The summed E-state index contributed by atoms with van der Waals surface area (Å²) in [5, 5.41) is 19.1. The molecule has 142 valence electrons. The lowest BCUT2D eigenvalue weighted by atomic mass is 10.1. The van der Waals surface area contributed by atoms with Gasteiger partial charge in [-0.1, -0.05) is 36.4 Å². The number of aromatic hydroxyl groups is 1. The number of fused-ring (bicyclic) bond motifs is 2. The van der Waals surface area contributed by atoms with E-state index in [0.717, 1.165) is 0 Å². The Morgan fingerprint density at radius 1 is 1.03 bits per heavy atom. The molecule has 0 saturated carbocycles. The van der Waals surface area contributed by atoms with Gasteiger partial charge in [0.15, 0.2) is 11.4 Å². The number of amides is 1. The van der Waals surface area contributed by atoms with E-state index < -0.39 is 18.1 Å². The molecule has 1 atom stereocenters. The third-order valence-corrected chi connectivity index (χ3v) is 4.73. The van der Waals surface area contributed by atoms with Crippen molar-refractivity contribution < 1.29 is 23.8 Å². The van der Waals surface area contributed by atoms with Gasteiger partial charge in [-0.3, -0.25) is 9.36 Å². The van der Waals surface area contributed by atoms with Gasteiger partial charge in [-0.25, -0.2) is 4.79 Å². The van der Waals surface area contributed by atoms with Crippen LogP contribution in [0.5, 0.6) is 5.88 Å². The van der Waals surface area contributed by atoms with Gasteiger partial charge in [0.05, 0.1) is 17.3 Å². The van der Waals surface area contributed by atoms with E-state index in [2.05, 4.69) is 10.2 Å². The molecule has 1 aliphatic rings. The lowest BCUT2D eigenvalue weighted by Gasteiger charge is -2.15. The van der Waals surface area contributed by atoms with Crippen LogP contribution >= 0.6 is 0 Å². The number of azo groups is 1. The van der Waals surface area contributed by atoms with Crippen LogP contribution in [0.25, 0.3) is 10.9 Å². The summed E-state index contributed by atoms with van der Waals surface area (Å²) in [5.74, 6) is -1.38. The molecule has 1 amide bonds. The Bertz CT molecular complexity index is 1290. The summed E-state index contributed by atoms with van der Waals surface area (Å²) in [7, 11) is 0. The lowest BCUT2D eigenvalue weighted by molar-refractivity contribution is 0.0318. The Morgan fingerprint density at radius 2 is 1.83 bits per heavy atom. The standard InChI is InChI=1S/C21H13N3O5/c25-18(16-10-5-11-28-16)23-22-17-14-8-3-4-9-15(14)24(19(17)26)20-12-6-1-2-7-13(12)21(27)29-20/h1-11,20,26H/t20-/m1/s1. The van der Waals surface area contributed by atoms with Gasteiger partial charge in [-0.05, 0) is 24.3 Å². The zero-order valence-electron chi connectivity index (χ0n) is 14.9. The quantitative estimate of drug-likeness (QED) is 0.409. The molecular formula is C21H13N3O5. The second kappa shape index (κ2) is 6.45. The van der Waals surface area contributed by atoms with Gasteiger partial charge in [-0.15, -0.1) is 10.2 Å². The molecule has 1 aliphatic heterocycles. The Kier molecular flexibility index (Phi) is 3.77. The maximum Gasteiger partial charge on any atom is 0.340 e. The van der Waals surface area contributed by atoms with Crippen molar-refractivity contribution in [3.05, 3.63) is 83.8 Å². The largest absolute Gasteiger partial charge is 0.493 e. The maximum atomic E-state index is 12.2. The molecule has 8 heteroatoms. The van der Waals surface area contributed by atoms with Crippen LogP contribution in [-0.4, -0.2) is 21.6 Å². The molecule has 0 spiro atoms. The van der Waals surface area contributed by atoms with E-state index in [-0.39, 0.29) is 17.3 Å². The highest BCUT2D eigenvalue weighted by Crippen LogP contribution is 2.44. The number of benzene rings is 2. The number of aromatic nitrogens is 1. The van der Waals surface area contributed by atoms with Crippen molar-refractivity contribution in [2.75, 3.05) is 0 Å². The molecule has 8 nitrogen and oxygen atoms in total. The smallest absolute Gasteiger partial charge is 0.340 e. The van der Waals surface area contributed by atoms with Crippen LogP contribution in [0.4, 0.5) is 5.69 Å². The summed E-state index contributed by atoms with van der Waals surface area (Å²) in [5.41, 5.74) is 1.74. The number of hydrogen-bond donors (Lipinski definition) is 1. The molecule has 0 radical (unpaired) electrons. The highest BCUT2D eigenvalue weighted by molar-refractivity contribution is 5.98. The molecule has 5 rings (SSSR count). The van der Waals surface area contributed by atoms with Crippen LogP contribution in [-0.2, 0) is 4.74 Å². The first-order chi connectivity index (χ1) is 14.1. The molecule has 4 aromatic rings. The predicted octanol–water partition coefficient (Wildman–Crippen LogP) is 4.58. The SMILES string of the molecule is O=C(N=Nc1c(O)n([C@@H]2OC(=O)c3ccccc32)c2ccccc12)c1ccco1. The fraction of sp³-hybridized carbons (Fsp3) is 0.0476. The highest BCUT2D eigenvalue weighted by atomic mass is 16.6. The molecule has 0 unspecified atom stereocenters. The molecule has 0 fully saturated rings. The minimum atomic E-state index is -0.853. The predicted molar refractivity (Wildman–Crippen MR) is 101 cm³/mol. The second-order valence-electron chi connectivity index (χ2n) is 6.39. The minimum Gasteiger partial charge on any atom is -0.493 e. The molecule has 0 aliphatic carbocycles. The number of ether oxygens (including phenoxy) is 1. The van der Waals surface area contributed by atoms with Gasteiger partial charge in [0.25, 0.3) is 0 Å². The fourth-order valence-electron chi connectivity index (χ4n) is 3.43. The van der Waals surface area contributed by atoms with E-state index in [1.165, 1.54) is 16.9 Å². The van der Waals surface area contributed by atoms with Gasteiger partial charge in [0.2, 0.25) is 12.1 Å². The van der Waals surface area contributed by atoms with Crippen LogP contribution in [0.1, 0.15) is 32.7 Å². The van der Waals surface area contributed by atoms with Crippen molar-refractivity contribution in [3.8, 4) is 5.88 Å². The zero-order chi connectivity index (χ0) is 20.0. The van der Waals surface area contributed by atoms with Crippen molar-refractivity contribution in [2.24, 2.45) is 10.2 Å². The Labute approximate surface area is 163 Å². The molecule has 29 heavy (non-hydrogen) atoms. The number of esters is 1. The molecule has 2 aromatic heterocycles. The monoisotopic (exact) mass is 387 g/mol. The maximum absolute atomic E-state index is 12.2. The van der Waals surface area contributed by atoms with Gasteiger partial charge in [0.1, 0.15) is 0 Å². The van der Waals surface area contributed by atoms with E-state index in [1.54, 1.807) is 54.6 Å². The summed E-state index contributed by atoms with van der Waals surface area (Å²) in [4.78, 5) is 24.3. The average molecular weight is 387 g/mol. The number of carbonyl (C=O) groups is 2. The lowest BCUT2D eigenvalue weighted by Crippen LogP contribution is -2.09. The van der Waals surface area contributed by atoms with Gasteiger partial charge in [0, 0.05) is 10.9 Å². The van der Waals surface area contributed by atoms with E-state index in [0.29, 0.717) is 22.0 Å². The van der Waals surface area contributed by atoms with Crippen LogP contribution in [0, 0.1) is 0 Å². The van der Waals surface area contributed by atoms with Crippen LogP contribution in [0.15, 0.2) is 81.6 Å². The Morgan fingerprint density at radius 3 is 2.66 bits per heavy atom. The molecule has 0 saturated heterocycles. The van der Waals surface area contributed by atoms with Crippen molar-refractivity contribution in [1.29, 1.82) is 0 Å². The van der Waals surface area contributed by atoms with Crippen molar-refractivity contribution in [2.45, 2.75) is 6.23 Å².